The summed E-state index contributed by atoms with van der Waals surface area (Å²) in [6.45, 7) is 4.06. The first kappa shape index (κ1) is 13.6. The van der Waals surface area contributed by atoms with Gasteiger partial charge in [0.05, 0.1) is 0 Å². The molecule has 1 N–H and O–H groups in total. The van der Waals surface area contributed by atoms with E-state index in [0.29, 0.717) is 31.7 Å². The molecule has 0 bridgehead atoms. The number of nitrogens with one attached hydrogen (secondary N) is 1. The van der Waals surface area contributed by atoms with Gasteiger partial charge in [0.1, 0.15) is 12.7 Å². The highest BCUT2D eigenvalue weighted by Gasteiger charge is 2.06. The lowest BCUT2D eigenvalue weighted by Gasteiger charge is -2.06. The Balaban J connectivity index is 1.97. The molecule has 2 heterocycles. The number of nitrogens with zero attached hydrogens (tertiary/aromatic N) is 6. The van der Waals surface area contributed by atoms with Crippen molar-refractivity contribution in [3.05, 3.63) is 17.9 Å². The number of aromatic nitrogens is 6. The molecule has 0 saturated carbocycles. The molecule has 8 nitrogen and oxygen atoms in total. The monoisotopic (exact) mass is 283 g/mol. The van der Waals surface area contributed by atoms with E-state index in [9.17, 15) is 0 Å². The van der Waals surface area contributed by atoms with Crippen LogP contribution in [0.5, 0.6) is 0 Å². The van der Waals surface area contributed by atoms with Gasteiger partial charge < -0.3 is 10.1 Å². The molecular formula is C10H14ClN7O. The van der Waals surface area contributed by atoms with Gasteiger partial charge in [0.2, 0.25) is 11.2 Å². The fourth-order valence-electron chi connectivity index (χ4n) is 1.35. The molecule has 0 aliphatic carbocycles. The summed E-state index contributed by atoms with van der Waals surface area (Å²) in [6.07, 6.45) is 3.74. The molecule has 0 aliphatic heterocycles. The Morgan fingerprint density at radius 2 is 2.26 bits per heavy atom. The summed E-state index contributed by atoms with van der Waals surface area (Å²) in [5.74, 6) is 0.729. The van der Waals surface area contributed by atoms with Gasteiger partial charge in [-0.3, -0.25) is 0 Å². The van der Waals surface area contributed by atoms with Crippen molar-refractivity contribution in [2.24, 2.45) is 0 Å². The van der Waals surface area contributed by atoms with E-state index >= 15 is 0 Å². The molecule has 0 unspecified atom stereocenters. The Morgan fingerprint density at radius 3 is 3.00 bits per heavy atom. The average molecular weight is 284 g/mol. The third kappa shape index (κ3) is 4.11. The van der Waals surface area contributed by atoms with Gasteiger partial charge in [-0.25, -0.2) is 4.98 Å². The lowest BCUT2D eigenvalue weighted by molar-refractivity contribution is 0.147. The first-order valence-electron chi connectivity index (χ1n) is 5.88. The zero-order valence-electron chi connectivity index (χ0n) is 10.5. The molecule has 0 amide bonds. The van der Waals surface area contributed by atoms with E-state index in [4.69, 9.17) is 16.3 Å². The number of hydrogen-bond donors (Lipinski definition) is 1. The van der Waals surface area contributed by atoms with Gasteiger partial charge in [0.15, 0.2) is 0 Å². The van der Waals surface area contributed by atoms with E-state index in [1.165, 1.54) is 17.3 Å². The molecule has 2 rings (SSSR count). The number of rotatable bonds is 7. The average Bonchev–Trinajstić information content (AvgIpc) is 2.92. The molecule has 0 spiro atoms. The van der Waals surface area contributed by atoms with Crippen molar-refractivity contribution in [1.29, 1.82) is 0 Å². The molecule has 0 atom stereocenters. The summed E-state index contributed by atoms with van der Waals surface area (Å²) in [6, 6.07) is 0. The number of hydrogen-bond acceptors (Lipinski definition) is 7. The third-order valence-electron chi connectivity index (χ3n) is 2.17. The fourth-order valence-corrected chi connectivity index (χ4v) is 1.51. The number of halogens is 1. The zero-order chi connectivity index (χ0) is 13.5. The molecule has 0 aliphatic rings. The van der Waals surface area contributed by atoms with Crippen LogP contribution in [0.1, 0.15) is 13.3 Å². The molecule has 2 aromatic rings. The second-order valence-electron chi connectivity index (χ2n) is 3.55. The minimum atomic E-state index is 0.104. The van der Waals surface area contributed by atoms with Gasteiger partial charge in [-0.1, -0.05) is 0 Å². The predicted octanol–water partition coefficient (Wildman–Crippen LogP) is 0.944. The Labute approximate surface area is 115 Å². The van der Waals surface area contributed by atoms with E-state index in [2.05, 4.69) is 30.4 Å². The highest BCUT2D eigenvalue weighted by molar-refractivity contribution is 6.28. The van der Waals surface area contributed by atoms with Crippen molar-refractivity contribution >= 4 is 17.5 Å². The SMILES string of the molecule is CCOCCCNc1nc(Cl)nc(-n2cncn2)n1. The molecule has 19 heavy (non-hydrogen) atoms. The van der Waals surface area contributed by atoms with Crippen LogP contribution in [0.4, 0.5) is 5.95 Å². The number of anilines is 1. The summed E-state index contributed by atoms with van der Waals surface area (Å²) in [4.78, 5) is 16.0. The van der Waals surface area contributed by atoms with E-state index < -0.39 is 0 Å². The van der Waals surface area contributed by atoms with Gasteiger partial charge in [-0.2, -0.15) is 24.7 Å². The lowest BCUT2D eigenvalue weighted by Crippen LogP contribution is -2.11. The topological polar surface area (TPSA) is 90.6 Å². The molecule has 9 heteroatoms. The van der Waals surface area contributed by atoms with Gasteiger partial charge in [-0.15, -0.1) is 0 Å². The van der Waals surface area contributed by atoms with Crippen molar-refractivity contribution in [1.82, 2.24) is 29.7 Å². The van der Waals surface area contributed by atoms with Crippen molar-refractivity contribution in [2.75, 3.05) is 25.1 Å². The van der Waals surface area contributed by atoms with Crippen LogP contribution < -0.4 is 5.32 Å². The van der Waals surface area contributed by atoms with Crippen LogP contribution in [0.15, 0.2) is 12.7 Å². The number of ether oxygens (including phenoxy) is 1. The van der Waals surface area contributed by atoms with Gasteiger partial charge in [0.25, 0.3) is 5.95 Å². The summed E-state index contributed by atoms with van der Waals surface area (Å²) in [7, 11) is 0. The Morgan fingerprint density at radius 1 is 1.37 bits per heavy atom. The molecule has 0 radical (unpaired) electrons. The van der Waals surface area contributed by atoms with Gasteiger partial charge >= 0.3 is 0 Å². The third-order valence-corrected chi connectivity index (χ3v) is 2.34. The normalized spacial score (nSPS) is 10.6. The molecule has 0 saturated heterocycles. The summed E-state index contributed by atoms with van der Waals surface area (Å²) < 4.78 is 6.65. The Kier molecular flexibility index (Phi) is 4.99. The van der Waals surface area contributed by atoms with Crippen LogP contribution in [-0.2, 0) is 4.74 Å². The largest absolute Gasteiger partial charge is 0.382 e. The molecule has 2 aromatic heterocycles. The van der Waals surface area contributed by atoms with Crippen LogP contribution in [0.2, 0.25) is 5.28 Å². The molecule has 0 aromatic carbocycles. The summed E-state index contributed by atoms with van der Waals surface area (Å²) >= 11 is 5.84. The second-order valence-corrected chi connectivity index (χ2v) is 3.88. The van der Waals surface area contributed by atoms with Crippen LogP contribution >= 0.6 is 11.6 Å². The maximum absolute atomic E-state index is 5.84. The lowest BCUT2D eigenvalue weighted by atomic mass is 10.4. The molecular weight excluding hydrogens is 270 g/mol. The Bertz CT molecular complexity index is 505. The van der Waals surface area contributed by atoms with E-state index in [1.54, 1.807) is 0 Å². The predicted molar refractivity (Wildman–Crippen MR) is 69.4 cm³/mol. The first-order chi connectivity index (χ1) is 9.29. The highest BCUT2D eigenvalue weighted by atomic mass is 35.5. The van der Waals surface area contributed by atoms with Crippen molar-refractivity contribution in [3.63, 3.8) is 0 Å². The maximum Gasteiger partial charge on any atom is 0.258 e. The molecule has 102 valence electrons. The maximum atomic E-state index is 5.84. The van der Waals surface area contributed by atoms with E-state index in [-0.39, 0.29) is 5.28 Å². The van der Waals surface area contributed by atoms with Gasteiger partial charge in [0, 0.05) is 19.8 Å². The van der Waals surface area contributed by atoms with Crippen molar-refractivity contribution in [2.45, 2.75) is 13.3 Å². The zero-order valence-corrected chi connectivity index (χ0v) is 11.2. The van der Waals surface area contributed by atoms with Crippen molar-refractivity contribution < 1.29 is 4.74 Å². The highest BCUT2D eigenvalue weighted by Crippen LogP contribution is 2.08. The van der Waals surface area contributed by atoms with Crippen molar-refractivity contribution in [3.8, 4) is 5.95 Å². The minimum absolute atomic E-state index is 0.104. The second kappa shape index (κ2) is 6.95. The first-order valence-corrected chi connectivity index (χ1v) is 6.25. The summed E-state index contributed by atoms with van der Waals surface area (Å²) in [5.41, 5.74) is 0. The van der Waals surface area contributed by atoms with E-state index in [0.717, 1.165) is 6.42 Å². The Hall–Kier alpha value is -1.80. The van der Waals surface area contributed by atoms with Gasteiger partial charge in [-0.05, 0) is 24.9 Å². The van der Waals surface area contributed by atoms with Crippen LogP contribution in [0.25, 0.3) is 5.95 Å². The van der Waals surface area contributed by atoms with Crippen LogP contribution in [-0.4, -0.2) is 49.5 Å². The van der Waals surface area contributed by atoms with E-state index in [1.807, 2.05) is 6.92 Å². The minimum Gasteiger partial charge on any atom is -0.382 e. The molecule has 0 fully saturated rings. The quantitative estimate of drug-likeness (QED) is 0.756. The standard InChI is InChI=1S/C10H14ClN7O/c1-2-19-5-3-4-13-9-15-8(11)16-10(17-9)18-7-12-6-14-18/h6-7H,2-5H2,1H3,(H,13,15,16,17). The summed E-state index contributed by atoms with van der Waals surface area (Å²) in [5, 5.41) is 7.10. The smallest absolute Gasteiger partial charge is 0.258 e. The fraction of sp³-hybridized carbons (Fsp3) is 0.500. The van der Waals surface area contributed by atoms with Crippen LogP contribution in [0, 0.1) is 0 Å². The van der Waals surface area contributed by atoms with Crippen LogP contribution in [0.3, 0.4) is 0 Å².